The number of ether oxygens (including phenoxy) is 1. The maximum absolute atomic E-state index is 12.2. The quantitative estimate of drug-likeness (QED) is 0.798. The van der Waals surface area contributed by atoms with Crippen LogP contribution in [0.3, 0.4) is 0 Å². The van der Waals surface area contributed by atoms with Crippen LogP contribution >= 0.6 is 11.3 Å². The summed E-state index contributed by atoms with van der Waals surface area (Å²) in [7, 11) is 0. The van der Waals surface area contributed by atoms with Gasteiger partial charge in [-0.25, -0.2) is 4.79 Å². The third kappa shape index (κ3) is 4.08. The van der Waals surface area contributed by atoms with E-state index in [1.807, 2.05) is 0 Å². The van der Waals surface area contributed by atoms with E-state index in [0.717, 1.165) is 29.9 Å². The molecule has 0 unspecified atom stereocenters. The lowest BCUT2D eigenvalue weighted by Crippen LogP contribution is -2.29. The summed E-state index contributed by atoms with van der Waals surface area (Å²) in [5.41, 5.74) is 0.724. The third-order valence-electron chi connectivity index (χ3n) is 3.85. The van der Waals surface area contributed by atoms with Gasteiger partial charge in [-0.05, 0) is 37.1 Å². The molecule has 3 heterocycles. The molecule has 1 aliphatic rings. The maximum atomic E-state index is 12.2. The molecule has 0 bridgehead atoms. The van der Waals surface area contributed by atoms with E-state index in [0.29, 0.717) is 22.8 Å². The Morgan fingerprint density at radius 2 is 2.28 bits per heavy atom. The molecule has 8 heteroatoms. The van der Waals surface area contributed by atoms with E-state index in [4.69, 9.17) is 9.15 Å². The number of furan rings is 1. The number of esters is 1. The number of carbonyl (C=O) groups is 3. The SMILES string of the molecule is Cc1cc(NC(=O)c2ccco2)sc1C(=O)OCCN1CCCC1=O. The Morgan fingerprint density at radius 3 is 2.96 bits per heavy atom. The normalized spacial score (nSPS) is 14.0. The number of rotatable bonds is 6. The largest absolute Gasteiger partial charge is 0.460 e. The third-order valence-corrected chi connectivity index (χ3v) is 4.98. The van der Waals surface area contributed by atoms with Gasteiger partial charge in [-0.1, -0.05) is 0 Å². The Hall–Kier alpha value is -2.61. The molecule has 0 aliphatic carbocycles. The average molecular weight is 362 g/mol. The first-order valence-corrected chi connectivity index (χ1v) is 8.76. The molecular formula is C17H18N2O5S. The number of hydrogen-bond donors (Lipinski definition) is 1. The van der Waals surface area contributed by atoms with Crippen LogP contribution in [0.1, 0.15) is 38.6 Å². The van der Waals surface area contributed by atoms with E-state index in [1.165, 1.54) is 6.26 Å². The molecule has 0 atom stereocenters. The number of anilines is 1. The zero-order valence-electron chi connectivity index (χ0n) is 13.7. The Labute approximate surface area is 148 Å². The predicted molar refractivity (Wildman–Crippen MR) is 91.8 cm³/mol. The van der Waals surface area contributed by atoms with Crippen molar-refractivity contribution in [1.29, 1.82) is 0 Å². The van der Waals surface area contributed by atoms with Gasteiger partial charge in [-0.15, -0.1) is 11.3 Å². The van der Waals surface area contributed by atoms with Gasteiger partial charge < -0.3 is 19.4 Å². The summed E-state index contributed by atoms with van der Waals surface area (Å²) < 4.78 is 10.3. The number of hydrogen-bond acceptors (Lipinski definition) is 6. The zero-order valence-corrected chi connectivity index (χ0v) is 14.6. The summed E-state index contributed by atoms with van der Waals surface area (Å²) in [5.74, 6) is -0.525. The second-order valence-electron chi connectivity index (χ2n) is 5.67. The van der Waals surface area contributed by atoms with Gasteiger partial charge in [0.25, 0.3) is 5.91 Å². The summed E-state index contributed by atoms with van der Waals surface area (Å²) in [6.45, 7) is 3.07. The van der Waals surface area contributed by atoms with Crippen molar-refractivity contribution in [3.63, 3.8) is 0 Å². The van der Waals surface area contributed by atoms with Gasteiger partial charge in [-0.3, -0.25) is 9.59 Å². The lowest BCUT2D eigenvalue weighted by atomic mass is 10.3. The van der Waals surface area contributed by atoms with E-state index < -0.39 is 5.97 Å². The highest BCUT2D eigenvalue weighted by molar-refractivity contribution is 7.18. The standard InChI is InChI=1S/C17H18N2O5S/c1-11-10-13(18-16(21)12-4-3-8-23-12)25-15(11)17(22)24-9-7-19-6-2-5-14(19)20/h3-4,8,10H,2,5-7,9H2,1H3,(H,18,21). The number of carbonyl (C=O) groups excluding carboxylic acids is 3. The van der Waals surface area contributed by atoms with Crippen molar-refractivity contribution < 1.29 is 23.5 Å². The van der Waals surface area contributed by atoms with Crippen LogP contribution in [-0.2, 0) is 9.53 Å². The van der Waals surface area contributed by atoms with E-state index >= 15 is 0 Å². The van der Waals surface area contributed by atoms with Gasteiger partial charge in [0.2, 0.25) is 5.91 Å². The molecule has 0 radical (unpaired) electrons. The highest BCUT2D eigenvalue weighted by Gasteiger charge is 2.21. The zero-order chi connectivity index (χ0) is 17.8. The van der Waals surface area contributed by atoms with Crippen LogP contribution in [0.2, 0.25) is 0 Å². The molecule has 132 valence electrons. The van der Waals surface area contributed by atoms with Crippen LogP contribution in [0.5, 0.6) is 0 Å². The van der Waals surface area contributed by atoms with Crippen molar-refractivity contribution in [2.24, 2.45) is 0 Å². The van der Waals surface area contributed by atoms with Gasteiger partial charge >= 0.3 is 5.97 Å². The fraction of sp³-hybridized carbons (Fsp3) is 0.353. The number of nitrogens with one attached hydrogen (secondary N) is 1. The van der Waals surface area contributed by atoms with E-state index in [9.17, 15) is 14.4 Å². The summed E-state index contributed by atoms with van der Waals surface area (Å²) in [4.78, 5) is 37.8. The van der Waals surface area contributed by atoms with E-state index in [-0.39, 0.29) is 24.2 Å². The van der Waals surface area contributed by atoms with Gasteiger partial charge in [0.05, 0.1) is 17.8 Å². The van der Waals surface area contributed by atoms with Crippen molar-refractivity contribution in [2.75, 3.05) is 25.0 Å². The molecule has 1 aliphatic heterocycles. The lowest BCUT2D eigenvalue weighted by molar-refractivity contribution is -0.128. The Balaban J connectivity index is 1.55. The van der Waals surface area contributed by atoms with Gasteiger partial charge in [-0.2, -0.15) is 0 Å². The molecule has 0 saturated carbocycles. The maximum Gasteiger partial charge on any atom is 0.348 e. The minimum Gasteiger partial charge on any atom is -0.460 e. The monoisotopic (exact) mass is 362 g/mol. The second-order valence-corrected chi connectivity index (χ2v) is 6.73. The van der Waals surface area contributed by atoms with Crippen molar-refractivity contribution in [3.8, 4) is 0 Å². The van der Waals surface area contributed by atoms with Gasteiger partial charge in [0, 0.05) is 13.0 Å². The first kappa shape index (κ1) is 17.2. The highest BCUT2D eigenvalue weighted by atomic mass is 32.1. The van der Waals surface area contributed by atoms with Crippen LogP contribution < -0.4 is 5.32 Å². The molecule has 0 spiro atoms. The number of amides is 2. The molecular weight excluding hydrogens is 344 g/mol. The van der Waals surface area contributed by atoms with Crippen molar-refractivity contribution in [2.45, 2.75) is 19.8 Å². The fourth-order valence-corrected chi connectivity index (χ4v) is 3.54. The molecule has 2 aromatic rings. The first-order chi connectivity index (χ1) is 12.0. The molecule has 25 heavy (non-hydrogen) atoms. The molecule has 2 amide bonds. The first-order valence-electron chi connectivity index (χ1n) is 7.95. The molecule has 1 saturated heterocycles. The molecule has 2 aromatic heterocycles. The van der Waals surface area contributed by atoms with Crippen LogP contribution in [-0.4, -0.2) is 42.4 Å². The summed E-state index contributed by atoms with van der Waals surface area (Å²) in [5, 5.41) is 3.23. The lowest BCUT2D eigenvalue weighted by Gasteiger charge is -2.14. The number of aryl methyl sites for hydroxylation is 1. The second kappa shape index (κ2) is 7.52. The van der Waals surface area contributed by atoms with Gasteiger partial charge in [0.15, 0.2) is 5.76 Å². The smallest absolute Gasteiger partial charge is 0.348 e. The molecule has 1 N–H and O–H groups in total. The summed E-state index contributed by atoms with van der Waals surface area (Å²) in [6, 6.07) is 4.90. The highest BCUT2D eigenvalue weighted by Crippen LogP contribution is 2.27. The van der Waals surface area contributed by atoms with Gasteiger partial charge in [0.1, 0.15) is 11.5 Å². The molecule has 7 nitrogen and oxygen atoms in total. The van der Waals surface area contributed by atoms with Crippen LogP contribution in [0.15, 0.2) is 28.9 Å². The van der Waals surface area contributed by atoms with Crippen LogP contribution in [0, 0.1) is 6.92 Å². The summed E-state index contributed by atoms with van der Waals surface area (Å²) >= 11 is 1.15. The minimum atomic E-state index is -0.451. The average Bonchev–Trinajstić information content (AvgIpc) is 3.30. The number of nitrogens with zero attached hydrogens (tertiary/aromatic N) is 1. The predicted octanol–water partition coefficient (Wildman–Crippen LogP) is 2.68. The number of likely N-dealkylation sites (tertiary alicyclic amines) is 1. The minimum absolute atomic E-state index is 0.103. The van der Waals surface area contributed by atoms with Crippen LogP contribution in [0.25, 0.3) is 0 Å². The topological polar surface area (TPSA) is 88.8 Å². The molecule has 0 aromatic carbocycles. The Kier molecular flexibility index (Phi) is 5.18. The number of thiophene rings is 1. The summed E-state index contributed by atoms with van der Waals surface area (Å²) in [6.07, 6.45) is 2.84. The van der Waals surface area contributed by atoms with Crippen molar-refractivity contribution in [1.82, 2.24) is 4.90 Å². The Morgan fingerprint density at radius 1 is 1.44 bits per heavy atom. The van der Waals surface area contributed by atoms with E-state index in [2.05, 4.69) is 5.32 Å². The molecule has 3 rings (SSSR count). The van der Waals surface area contributed by atoms with Crippen LogP contribution in [0.4, 0.5) is 5.00 Å². The fourth-order valence-electron chi connectivity index (χ4n) is 2.58. The van der Waals surface area contributed by atoms with Crippen molar-refractivity contribution in [3.05, 3.63) is 40.7 Å². The van der Waals surface area contributed by atoms with Crippen molar-refractivity contribution >= 4 is 34.1 Å². The van der Waals surface area contributed by atoms with E-state index in [1.54, 1.807) is 30.0 Å². The Bertz CT molecular complexity index is 781. The molecule has 1 fully saturated rings.